The molecular formula is C13H11N3O4S. The molecule has 0 radical (unpaired) electrons. The van der Waals surface area contributed by atoms with Crippen molar-refractivity contribution in [2.24, 2.45) is 0 Å². The third-order valence-electron chi connectivity index (χ3n) is 2.65. The fourth-order valence-corrected chi connectivity index (χ4v) is 2.52. The number of hydrogen-bond donors (Lipinski definition) is 2. The van der Waals surface area contributed by atoms with Gasteiger partial charge in [0.2, 0.25) is 0 Å². The second-order valence-corrected chi connectivity index (χ2v) is 5.17. The van der Waals surface area contributed by atoms with E-state index in [0.29, 0.717) is 17.0 Å². The highest BCUT2D eigenvalue weighted by Crippen LogP contribution is 2.28. The number of carboxylic acids is 1. The van der Waals surface area contributed by atoms with Gasteiger partial charge in [0.05, 0.1) is 10.5 Å². The predicted molar refractivity (Wildman–Crippen MR) is 78.3 cm³/mol. The summed E-state index contributed by atoms with van der Waals surface area (Å²) in [5.41, 5.74) is 6.51. The molecule has 1 heterocycles. The number of benzene rings is 1. The van der Waals surface area contributed by atoms with Crippen LogP contribution in [0.4, 0.5) is 11.4 Å². The Labute approximate surface area is 124 Å². The van der Waals surface area contributed by atoms with Gasteiger partial charge in [-0.3, -0.25) is 15.1 Å². The molecule has 0 amide bonds. The zero-order chi connectivity index (χ0) is 15.4. The van der Waals surface area contributed by atoms with Crippen LogP contribution in [0.3, 0.4) is 0 Å². The molecule has 1 aromatic heterocycles. The van der Waals surface area contributed by atoms with Gasteiger partial charge in [-0.25, -0.2) is 4.79 Å². The zero-order valence-corrected chi connectivity index (χ0v) is 11.5. The summed E-state index contributed by atoms with van der Waals surface area (Å²) in [6.45, 7) is 0. The van der Waals surface area contributed by atoms with Crippen LogP contribution >= 0.6 is 11.8 Å². The van der Waals surface area contributed by atoms with Gasteiger partial charge in [0, 0.05) is 40.9 Å². The molecule has 7 nitrogen and oxygen atoms in total. The number of nitrogens with zero attached hydrogens (tertiary/aromatic N) is 2. The summed E-state index contributed by atoms with van der Waals surface area (Å²) >= 11 is 1.34. The molecular weight excluding hydrogens is 294 g/mol. The lowest BCUT2D eigenvalue weighted by molar-refractivity contribution is -0.384. The quantitative estimate of drug-likeness (QED) is 0.495. The van der Waals surface area contributed by atoms with Gasteiger partial charge in [0.25, 0.3) is 5.69 Å². The number of carbonyl (C=O) groups is 1. The van der Waals surface area contributed by atoms with Crippen LogP contribution < -0.4 is 5.73 Å². The van der Waals surface area contributed by atoms with Crippen molar-refractivity contribution in [2.45, 2.75) is 10.6 Å². The molecule has 2 aromatic rings. The van der Waals surface area contributed by atoms with E-state index in [4.69, 9.17) is 10.8 Å². The maximum Gasteiger partial charge on any atom is 0.335 e. The lowest BCUT2D eigenvalue weighted by Crippen LogP contribution is -2.00. The Morgan fingerprint density at radius 3 is 2.81 bits per heavy atom. The normalized spacial score (nSPS) is 10.3. The van der Waals surface area contributed by atoms with Crippen LogP contribution in [0.1, 0.15) is 15.9 Å². The highest BCUT2D eigenvalue weighted by Gasteiger charge is 2.14. The topological polar surface area (TPSA) is 119 Å². The maximum atomic E-state index is 11.0. The highest BCUT2D eigenvalue weighted by molar-refractivity contribution is 7.98. The van der Waals surface area contributed by atoms with Crippen molar-refractivity contribution < 1.29 is 14.8 Å². The second-order valence-electron chi connectivity index (χ2n) is 4.15. The van der Waals surface area contributed by atoms with E-state index in [0.717, 1.165) is 11.0 Å². The van der Waals surface area contributed by atoms with E-state index in [1.807, 2.05) is 0 Å². The Morgan fingerprint density at radius 2 is 2.19 bits per heavy atom. The smallest absolute Gasteiger partial charge is 0.335 e. The summed E-state index contributed by atoms with van der Waals surface area (Å²) in [4.78, 5) is 25.9. The molecule has 0 atom stereocenters. The van der Waals surface area contributed by atoms with Crippen LogP contribution in [-0.2, 0) is 5.75 Å². The number of nitrogen functional groups attached to an aromatic ring is 1. The van der Waals surface area contributed by atoms with Crippen LogP contribution in [0.25, 0.3) is 0 Å². The van der Waals surface area contributed by atoms with Crippen molar-refractivity contribution in [3.05, 3.63) is 57.9 Å². The number of aromatic nitrogens is 1. The first kappa shape index (κ1) is 14.8. The Bertz CT molecular complexity index is 673. The minimum Gasteiger partial charge on any atom is -0.478 e. The minimum absolute atomic E-state index is 0.112. The number of aromatic carboxylic acids is 1. The molecule has 0 saturated carbocycles. The van der Waals surface area contributed by atoms with E-state index in [1.165, 1.54) is 23.9 Å². The van der Waals surface area contributed by atoms with E-state index in [2.05, 4.69) is 4.98 Å². The Hall–Kier alpha value is -2.61. The van der Waals surface area contributed by atoms with Gasteiger partial charge in [-0.2, -0.15) is 0 Å². The SMILES string of the molecule is Nc1ccncc1SCc1cc(C(=O)O)cc([N+](=O)[O-])c1. The zero-order valence-electron chi connectivity index (χ0n) is 10.7. The van der Waals surface area contributed by atoms with Crippen molar-refractivity contribution in [3.8, 4) is 0 Å². The summed E-state index contributed by atoms with van der Waals surface area (Å²) in [6.07, 6.45) is 3.16. The van der Waals surface area contributed by atoms with Crippen LogP contribution in [0.15, 0.2) is 41.6 Å². The largest absolute Gasteiger partial charge is 0.478 e. The summed E-state index contributed by atoms with van der Waals surface area (Å²) in [6, 6.07) is 5.45. The van der Waals surface area contributed by atoms with Crippen LogP contribution in [0.2, 0.25) is 0 Å². The van der Waals surface area contributed by atoms with Crippen molar-refractivity contribution in [3.63, 3.8) is 0 Å². The molecule has 108 valence electrons. The number of nitro benzene ring substituents is 1. The Balaban J connectivity index is 2.25. The van der Waals surface area contributed by atoms with Crippen molar-refractivity contribution in [2.75, 3.05) is 5.73 Å². The third-order valence-corrected chi connectivity index (χ3v) is 3.78. The van der Waals surface area contributed by atoms with Gasteiger partial charge in [0.1, 0.15) is 0 Å². The third kappa shape index (κ3) is 3.69. The molecule has 2 rings (SSSR count). The number of nitro groups is 1. The number of nitrogens with two attached hydrogens (primary N) is 1. The van der Waals surface area contributed by atoms with E-state index in [1.54, 1.807) is 18.5 Å². The molecule has 0 aliphatic rings. The highest BCUT2D eigenvalue weighted by atomic mass is 32.2. The molecule has 8 heteroatoms. The fourth-order valence-electron chi connectivity index (χ4n) is 1.66. The van der Waals surface area contributed by atoms with Crippen molar-refractivity contribution >= 4 is 29.1 Å². The number of hydrogen-bond acceptors (Lipinski definition) is 6. The number of carboxylic acid groups (broad SMARTS) is 1. The summed E-state index contributed by atoms with van der Waals surface area (Å²) < 4.78 is 0. The first-order chi connectivity index (χ1) is 9.97. The summed E-state index contributed by atoms with van der Waals surface area (Å²) in [7, 11) is 0. The Kier molecular flexibility index (Phi) is 4.39. The van der Waals surface area contributed by atoms with E-state index >= 15 is 0 Å². The van der Waals surface area contributed by atoms with Gasteiger partial charge >= 0.3 is 5.97 Å². The minimum atomic E-state index is -1.20. The predicted octanol–water partition coefficient (Wildman–Crippen LogP) is 2.56. The van der Waals surface area contributed by atoms with Gasteiger partial charge in [-0.05, 0) is 17.7 Å². The van der Waals surface area contributed by atoms with Gasteiger partial charge in [0.15, 0.2) is 0 Å². The lowest BCUT2D eigenvalue weighted by atomic mass is 10.1. The number of pyridine rings is 1. The molecule has 0 spiro atoms. The van der Waals surface area contributed by atoms with Gasteiger partial charge < -0.3 is 10.8 Å². The molecule has 21 heavy (non-hydrogen) atoms. The monoisotopic (exact) mass is 305 g/mol. The first-order valence-electron chi connectivity index (χ1n) is 5.81. The standard InChI is InChI=1S/C13H11N3O4S/c14-11-1-2-15-6-12(11)21-7-8-3-9(13(17)18)5-10(4-8)16(19)20/h1-6H,7H2,(H2,14,15)(H,17,18). The average molecular weight is 305 g/mol. The number of non-ortho nitro benzene ring substituents is 1. The molecule has 0 aliphatic heterocycles. The van der Waals surface area contributed by atoms with Gasteiger partial charge in [-0.15, -0.1) is 11.8 Å². The van der Waals surface area contributed by atoms with Gasteiger partial charge in [-0.1, -0.05) is 0 Å². The molecule has 0 bridgehead atoms. The molecule has 0 fully saturated rings. The molecule has 0 aliphatic carbocycles. The fraction of sp³-hybridized carbons (Fsp3) is 0.0769. The van der Waals surface area contributed by atoms with E-state index in [-0.39, 0.29) is 11.3 Å². The van der Waals surface area contributed by atoms with Crippen molar-refractivity contribution in [1.82, 2.24) is 4.98 Å². The van der Waals surface area contributed by atoms with Crippen LogP contribution in [0, 0.1) is 10.1 Å². The van der Waals surface area contributed by atoms with E-state index in [9.17, 15) is 14.9 Å². The first-order valence-corrected chi connectivity index (χ1v) is 6.80. The average Bonchev–Trinajstić information content (AvgIpc) is 2.46. The summed E-state index contributed by atoms with van der Waals surface area (Å²) in [5.74, 6) is -0.844. The number of rotatable bonds is 5. The van der Waals surface area contributed by atoms with E-state index < -0.39 is 10.9 Å². The lowest BCUT2D eigenvalue weighted by Gasteiger charge is -2.05. The maximum absolute atomic E-state index is 11.0. The molecule has 1 aromatic carbocycles. The number of anilines is 1. The molecule has 0 unspecified atom stereocenters. The molecule has 0 saturated heterocycles. The van der Waals surface area contributed by atoms with Crippen LogP contribution in [0.5, 0.6) is 0 Å². The summed E-state index contributed by atoms with van der Waals surface area (Å²) in [5, 5.41) is 19.8. The number of thioether (sulfide) groups is 1. The van der Waals surface area contributed by atoms with Crippen molar-refractivity contribution in [1.29, 1.82) is 0 Å². The second kappa shape index (κ2) is 6.23. The Morgan fingerprint density at radius 1 is 1.43 bits per heavy atom. The molecule has 3 N–H and O–H groups in total. The van der Waals surface area contributed by atoms with Crippen LogP contribution in [-0.4, -0.2) is 21.0 Å².